The fourth-order valence-corrected chi connectivity index (χ4v) is 1.55. The van der Waals surface area contributed by atoms with Gasteiger partial charge in [-0.15, -0.1) is 0 Å². The third-order valence-electron chi connectivity index (χ3n) is 2.23. The van der Waals surface area contributed by atoms with Gasteiger partial charge >= 0.3 is 6.18 Å². The van der Waals surface area contributed by atoms with E-state index in [-0.39, 0.29) is 18.4 Å². The monoisotopic (exact) mass is 245 g/mol. The molecule has 0 aliphatic rings. The Morgan fingerprint density at radius 1 is 1.35 bits per heavy atom. The van der Waals surface area contributed by atoms with Crippen molar-refractivity contribution in [2.75, 3.05) is 0 Å². The van der Waals surface area contributed by atoms with Crippen molar-refractivity contribution in [2.45, 2.75) is 19.0 Å². The van der Waals surface area contributed by atoms with Gasteiger partial charge in [-0.2, -0.15) is 13.2 Å². The van der Waals surface area contributed by atoms with E-state index < -0.39 is 23.2 Å². The van der Waals surface area contributed by atoms with Crippen molar-refractivity contribution in [3.63, 3.8) is 0 Å². The molecule has 0 atom stereocenters. The second kappa shape index (κ2) is 4.99. The van der Waals surface area contributed by atoms with Crippen LogP contribution in [0.1, 0.15) is 27.9 Å². The summed E-state index contributed by atoms with van der Waals surface area (Å²) in [7, 11) is 0. The second-order valence-corrected chi connectivity index (χ2v) is 3.41. The molecule has 1 aromatic rings. The van der Waals surface area contributed by atoms with Gasteiger partial charge in [-0.1, -0.05) is 12.1 Å². The molecule has 0 radical (unpaired) electrons. The van der Waals surface area contributed by atoms with Gasteiger partial charge < -0.3 is 10.5 Å². The van der Waals surface area contributed by atoms with Crippen molar-refractivity contribution in [2.24, 2.45) is 5.73 Å². The van der Waals surface area contributed by atoms with Gasteiger partial charge in [-0.05, 0) is 18.1 Å². The predicted octanol–water partition coefficient (Wildman–Crippen LogP) is 1.94. The number of rotatable bonds is 4. The summed E-state index contributed by atoms with van der Waals surface area (Å²) in [6, 6.07) is 3.35. The molecule has 0 heterocycles. The number of primary amides is 1. The van der Waals surface area contributed by atoms with Crippen molar-refractivity contribution in [1.82, 2.24) is 0 Å². The van der Waals surface area contributed by atoms with Gasteiger partial charge in [0.2, 0.25) is 5.91 Å². The minimum Gasteiger partial charge on any atom is -0.366 e. The number of carbonyl (C=O) groups excluding carboxylic acids is 2. The molecule has 0 saturated heterocycles. The number of amides is 1. The van der Waals surface area contributed by atoms with Crippen molar-refractivity contribution in [3.8, 4) is 0 Å². The van der Waals surface area contributed by atoms with E-state index in [0.29, 0.717) is 6.29 Å². The number of aryl methyl sites for hydroxylation is 1. The molecule has 17 heavy (non-hydrogen) atoms. The van der Waals surface area contributed by atoms with E-state index in [9.17, 15) is 22.8 Å². The zero-order valence-electron chi connectivity index (χ0n) is 8.75. The van der Waals surface area contributed by atoms with E-state index in [1.54, 1.807) is 0 Å². The molecule has 1 aromatic carbocycles. The molecule has 92 valence electrons. The van der Waals surface area contributed by atoms with Crippen molar-refractivity contribution < 1.29 is 22.8 Å². The highest BCUT2D eigenvalue weighted by atomic mass is 19.4. The number of carbonyl (C=O) groups is 2. The average Bonchev–Trinajstić information content (AvgIpc) is 2.24. The van der Waals surface area contributed by atoms with Crippen LogP contribution in [-0.4, -0.2) is 12.2 Å². The zero-order chi connectivity index (χ0) is 13.1. The minimum absolute atomic E-state index is 0.0432. The van der Waals surface area contributed by atoms with E-state index in [4.69, 9.17) is 5.73 Å². The first-order chi connectivity index (χ1) is 7.88. The first-order valence-electron chi connectivity index (χ1n) is 4.80. The maximum Gasteiger partial charge on any atom is 0.417 e. The number of alkyl halides is 3. The third-order valence-corrected chi connectivity index (χ3v) is 2.23. The van der Waals surface area contributed by atoms with Gasteiger partial charge in [0, 0.05) is 6.42 Å². The first-order valence-corrected chi connectivity index (χ1v) is 4.80. The van der Waals surface area contributed by atoms with Crippen molar-refractivity contribution >= 4 is 12.2 Å². The van der Waals surface area contributed by atoms with Crippen LogP contribution in [-0.2, 0) is 17.4 Å². The molecule has 2 N–H and O–H groups in total. The maximum atomic E-state index is 12.6. The summed E-state index contributed by atoms with van der Waals surface area (Å²) in [6.45, 7) is 0. The Balaban J connectivity index is 3.32. The Morgan fingerprint density at radius 3 is 2.47 bits per heavy atom. The average molecular weight is 245 g/mol. The van der Waals surface area contributed by atoms with Gasteiger partial charge in [0.15, 0.2) is 0 Å². The number of benzene rings is 1. The Kier molecular flexibility index (Phi) is 3.88. The number of hydrogen-bond acceptors (Lipinski definition) is 2. The SMILES string of the molecule is NC(=O)c1c(CCC=O)cccc1C(F)(F)F. The van der Waals surface area contributed by atoms with Crippen LogP contribution in [0.2, 0.25) is 0 Å². The molecule has 1 amide bonds. The van der Waals surface area contributed by atoms with Gasteiger partial charge in [0.05, 0.1) is 11.1 Å². The fourth-order valence-electron chi connectivity index (χ4n) is 1.55. The highest BCUT2D eigenvalue weighted by molar-refractivity contribution is 5.96. The van der Waals surface area contributed by atoms with Crippen molar-refractivity contribution in [3.05, 3.63) is 34.9 Å². The topological polar surface area (TPSA) is 60.2 Å². The fraction of sp³-hybridized carbons (Fsp3) is 0.273. The molecule has 0 aliphatic carbocycles. The lowest BCUT2D eigenvalue weighted by molar-refractivity contribution is -0.138. The maximum absolute atomic E-state index is 12.6. The molecule has 6 heteroatoms. The lowest BCUT2D eigenvalue weighted by Gasteiger charge is -2.13. The van der Waals surface area contributed by atoms with Crippen LogP contribution in [0.4, 0.5) is 13.2 Å². The van der Waals surface area contributed by atoms with E-state index in [0.717, 1.165) is 6.07 Å². The minimum atomic E-state index is -4.64. The van der Waals surface area contributed by atoms with Gasteiger partial charge in [0.25, 0.3) is 0 Å². The summed E-state index contributed by atoms with van der Waals surface area (Å²) in [4.78, 5) is 21.3. The number of nitrogens with two attached hydrogens (primary N) is 1. The summed E-state index contributed by atoms with van der Waals surface area (Å²) in [5, 5.41) is 0. The molecule has 0 fully saturated rings. The van der Waals surface area contributed by atoms with Crippen LogP contribution in [0.3, 0.4) is 0 Å². The largest absolute Gasteiger partial charge is 0.417 e. The number of halogens is 3. The van der Waals surface area contributed by atoms with Crippen LogP contribution in [0, 0.1) is 0 Å². The van der Waals surface area contributed by atoms with Crippen LogP contribution in [0.25, 0.3) is 0 Å². The highest BCUT2D eigenvalue weighted by Crippen LogP contribution is 2.33. The Hall–Kier alpha value is -1.85. The Labute approximate surface area is 95.4 Å². The van der Waals surface area contributed by atoms with Crippen molar-refractivity contribution in [1.29, 1.82) is 0 Å². The summed E-state index contributed by atoms with van der Waals surface area (Å²) < 4.78 is 37.9. The lowest BCUT2D eigenvalue weighted by atomic mass is 9.97. The lowest BCUT2D eigenvalue weighted by Crippen LogP contribution is -2.21. The van der Waals surface area contributed by atoms with Gasteiger partial charge in [-0.3, -0.25) is 4.79 Å². The smallest absolute Gasteiger partial charge is 0.366 e. The molecule has 0 spiro atoms. The summed E-state index contributed by atoms with van der Waals surface area (Å²) in [5.74, 6) is -1.14. The third kappa shape index (κ3) is 3.05. The second-order valence-electron chi connectivity index (χ2n) is 3.41. The molecule has 0 saturated carbocycles. The molecule has 3 nitrogen and oxygen atoms in total. The summed E-state index contributed by atoms with van der Waals surface area (Å²) in [5.41, 5.74) is 3.48. The van der Waals surface area contributed by atoms with E-state index in [1.807, 2.05) is 0 Å². The predicted molar refractivity (Wildman–Crippen MR) is 54.3 cm³/mol. The molecule has 0 aliphatic heterocycles. The Bertz CT molecular complexity index is 441. The van der Waals surface area contributed by atoms with Crippen LogP contribution < -0.4 is 5.73 Å². The standard InChI is InChI=1S/C11H10F3NO2/c12-11(13,14)8-5-1-3-7(4-2-6-16)9(8)10(15)17/h1,3,5-6H,2,4H2,(H2,15,17). The highest BCUT2D eigenvalue weighted by Gasteiger charge is 2.35. The molecule has 0 aromatic heterocycles. The number of hydrogen-bond donors (Lipinski definition) is 1. The quantitative estimate of drug-likeness (QED) is 0.824. The molecule has 0 unspecified atom stereocenters. The number of aldehydes is 1. The van der Waals surface area contributed by atoms with E-state index in [1.165, 1.54) is 12.1 Å². The van der Waals surface area contributed by atoms with Crippen LogP contribution in [0.5, 0.6) is 0 Å². The molecular formula is C11H10F3NO2. The van der Waals surface area contributed by atoms with Crippen LogP contribution in [0.15, 0.2) is 18.2 Å². The van der Waals surface area contributed by atoms with Gasteiger partial charge in [-0.25, -0.2) is 0 Å². The zero-order valence-corrected chi connectivity index (χ0v) is 8.75. The summed E-state index contributed by atoms with van der Waals surface area (Å²) >= 11 is 0. The first kappa shape index (κ1) is 13.2. The Morgan fingerprint density at radius 2 is 2.00 bits per heavy atom. The summed E-state index contributed by atoms with van der Waals surface area (Å²) in [6.07, 6.45) is -3.96. The molecule has 0 bridgehead atoms. The van der Waals surface area contributed by atoms with Gasteiger partial charge in [0.1, 0.15) is 6.29 Å². The van der Waals surface area contributed by atoms with E-state index >= 15 is 0 Å². The van der Waals surface area contributed by atoms with Crippen LogP contribution >= 0.6 is 0 Å². The molecule has 1 rings (SSSR count). The molecular weight excluding hydrogens is 235 g/mol. The van der Waals surface area contributed by atoms with E-state index in [2.05, 4.69) is 0 Å². The normalized spacial score (nSPS) is 11.2.